The van der Waals surface area contributed by atoms with Gasteiger partial charge in [-0.1, -0.05) is 109 Å². The average molecular weight is 355 g/mol. The maximum atomic E-state index is 11.8. The number of carbonyl (C=O) groups excluding carboxylic acids is 1. The normalized spacial score (nSPS) is 10.3. The summed E-state index contributed by atoms with van der Waals surface area (Å²) in [5, 5.41) is 0. The molecule has 0 aliphatic rings. The molecule has 0 saturated carbocycles. The second-order valence-electron chi connectivity index (χ2n) is 7.10. The Morgan fingerprint density at radius 1 is 0.731 bits per heavy atom. The predicted octanol–water partition coefficient (Wildman–Crippen LogP) is 4.44. The monoisotopic (exact) mass is 354 g/mol. The van der Waals surface area contributed by atoms with E-state index in [2.05, 4.69) is 6.92 Å². The molecule has 0 aliphatic carbocycles. The standard InChI is InChI=1S/C23H38O2.Li.H/c1-2-3-4-5-6-7-8-9-10-11-12-13-14-18-21-25-23(24)22-19-16-15-17-20-22;;/h15-17,19-20H,2-14,18,21H2,1H3;;/q;+1;-1. The number of hydrogen-bond donors (Lipinski definition) is 0. The molecule has 0 N–H and O–H groups in total. The molecule has 0 saturated heterocycles. The second-order valence-corrected chi connectivity index (χ2v) is 7.10. The molecular weight excluding hydrogens is 315 g/mol. The molecule has 1 aromatic rings. The zero-order valence-electron chi connectivity index (χ0n) is 18.3. The van der Waals surface area contributed by atoms with Crippen LogP contribution in [-0.2, 0) is 4.74 Å². The minimum Gasteiger partial charge on any atom is -1.00 e. The van der Waals surface area contributed by atoms with Crippen LogP contribution < -0.4 is 18.9 Å². The summed E-state index contributed by atoms with van der Waals surface area (Å²) in [5.41, 5.74) is 0.646. The van der Waals surface area contributed by atoms with Crippen LogP contribution in [-0.4, -0.2) is 12.6 Å². The Kier molecular flexibility index (Phi) is 18.5. The summed E-state index contributed by atoms with van der Waals surface area (Å²) in [7, 11) is 0. The summed E-state index contributed by atoms with van der Waals surface area (Å²) in [4.78, 5) is 11.8. The van der Waals surface area contributed by atoms with Gasteiger partial charge in [0, 0.05) is 0 Å². The average Bonchev–Trinajstić information content (AvgIpc) is 2.65. The molecule has 0 bridgehead atoms. The third kappa shape index (κ3) is 14.5. The maximum absolute atomic E-state index is 11.8. The first-order valence-electron chi connectivity index (χ1n) is 10.6. The van der Waals surface area contributed by atoms with Crippen molar-refractivity contribution in [2.24, 2.45) is 0 Å². The van der Waals surface area contributed by atoms with Crippen molar-refractivity contribution in [1.82, 2.24) is 0 Å². The van der Waals surface area contributed by atoms with E-state index in [0.29, 0.717) is 12.2 Å². The first-order chi connectivity index (χ1) is 12.3. The number of ether oxygens (including phenoxy) is 1. The number of esters is 1. The maximum Gasteiger partial charge on any atom is 1.00 e. The van der Waals surface area contributed by atoms with Crippen molar-refractivity contribution in [3.63, 3.8) is 0 Å². The van der Waals surface area contributed by atoms with Crippen LogP contribution in [0.25, 0.3) is 0 Å². The van der Waals surface area contributed by atoms with Crippen LogP contribution in [0.1, 0.15) is 109 Å². The third-order valence-corrected chi connectivity index (χ3v) is 4.74. The fourth-order valence-electron chi connectivity index (χ4n) is 3.12. The van der Waals surface area contributed by atoms with Crippen molar-refractivity contribution < 1.29 is 29.8 Å². The zero-order chi connectivity index (χ0) is 18.0. The predicted molar refractivity (Wildman–Crippen MR) is 108 cm³/mol. The van der Waals surface area contributed by atoms with Gasteiger partial charge in [0.2, 0.25) is 0 Å². The Labute approximate surface area is 175 Å². The minimum atomic E-state index is -0.199. The SMILES string of the molecule is CCCCCCCCCCCCCCCCOC(=O)c1ccccc1.[H-].[Li+]. The van der Waals surface area contributed by atoms with Gasteiger partial charge in [-0.05, 0) is 18.6 Å². The van der Waals surface area contributed by atoms with Gasteiger partial charge in [0.25, 0.3) is 0 Å². The first kappa shape index (κ1) is 25.3. The van der Waals surface area contributed by atoms with Crippen LogP contribution in [0.15, 0.2) is 30.3 Å². The number of rotatable bonds is 16. The van der Waals surface area contributed by atoms with E-state index in [1.54, 1.807) is 12.1 Å². The summed E-state index contributed by atoms with van der Waals surface area (Å²) in [6.07, 6.45) is 18.8. The van der Waals surface area contributed by atoms with Crippen molar-refractivity contribution in [3.8, 4) is 0 Å². The van der Waals surface area contributed by atoms with Crippen LogP contribution in [0.5, 0.6) is 0 Å². The van der Waals surface area contributed by atoms with E-state index in [0.717, 1.165) is 6.42 Å². The Bertz CT molecular complexity index is 426. The summed E-state index contributed by atoms with van der Waals surface area (Å²) in [6.45, 7) is 2.82. The molecule has 1 aromatic carbocycles. The van der Waals surface area contributed by atoms with Crippen molar-refractivity contribution in [3.05, 3.63) is 35.9 Å². The quantitative estimate of drug-likeness (QED) is 0.249. The van der Waals surface area contributed by atoms with Crippen LogP contribution >= 0.6 is 0 Å². The Balaban J connectivity index is 0. The van der Waals surface area contributed by atoms with Gasteiger partial charge in [-0.15, -0.1) is 0 Å². The van der Waals surface area contributed by atoms with Crippen LogP contribution in [0.2, 0.25) is 0 Å². The topological polar surface area (TPSA) is 26.3 Å². The first-order valence-corrected chi connectivity index (χ1v) is 10.6. The molecule has 0 radical (unpaired) electrons. The van der Waals surface area contributed by atoms with E-state index >= 15 is 0 Å². The van der Waals surface area contributed by atoms with E-state index in [1.165, 1.54) is 83.5 Å². The third-order valence-electron chi connectivity index (χ3n) is 4.74. The molecule has 2 nitrogen and oxygen atoms in total. The fourth-order valence-corrected chi connectivity index (χ4v) is 3.12. The minimum absolute atomic E-state index is 0. The molecule has 144 valence electrons. The van der Waals surface area contributed by atoms with Crippen LogP contribution in [0, 0.1) is 0 Å². The smallest absolute Gasteiger partial charge is 1.00 e. The van der Waals surface area contributed by atoms with Crippen LogP contribution in [0.4, 0.5) is 0 Å². The van der Waals surface area contributed by atoms with Crippen molar-refractivity contribution >= 4 is 5.97 Å². The molecule has 0 aromatic heterocycles. The Morgan fingerprint density at radius 2 is 1.15 bits per heavy atom. The van der Waals surface area contributed by atoms with E-state index in [4.69, 9.17) is 4.74 Å². The summed E-state index contributed by atoms with van der Waals surface area (Å²) in [5.74, 6) is -0.199. The Hall–Kier alpha value is -0.713. The number of carbonyl (C=O) groups is 1. The molecule has 0 fully saturated rings. The van der Waals surface area contributed by atoms with E-state index < -0.39 is 0 Å². The zero-order valence-corrected chi connectivity index (χ0v) is 17.3. The Morgan fingerprint density at radius 3 is 1.62 bits per heavy atom. The van der Waals surface area contributed by atoms with Crippen LogP contribution in [0.3, 0.4) is 0 Å². The van der Waals surface area contributed by atoms with Crippen molar-refractivity contribution in [1.29, 1.82) is 0 Å². The van der Waals surface area contributed by atoms with Gasteiger partial charge in [0.05, 0.1) is 12.2 Å². The molecule has 26 heavy (non-hydrogen) atoms. The summed E-state index contributed by atoms with van der Waals surface area (Å²) in [6, 6.07) is 9.23. The van der Waals surface area contributed by atoms with E-state index in [9.17, 15) is 4.79 Å². The summed E-state index contributed by atoms with van der Waals surface area (Å²) >= 11 is 0. The molecule has 0 heterocycles. The number of unbranched alkanes of at least 4 members (excludes halogenated alkanes) is 13. The molecule has 0 spiro atoms. The van der Waals surface area contributed by atoms with Gasteiger partial charge < -0.3 is 6.16 Å². The van der Waals surface area contributed by atoms with E-state index in [1.807, 2.05) is 18.2 Å². The molecule has 0 unspecified atom stereocenters. The van der Waals surface area contributed by atoms with Gasteiger partial charge in [-0.25, -0.2) is 4.79 Å². The van der Waals surface area contributed by atoms with Crippen molar-refractivity contribution in [2.45, 2.75) is 96.8 Å². The summed E-state index contributed by atoms with van der Waals surface area (Å²) < 4.78 is 5.30. The molecule has 3 heteroatoms. The van der Waals surface area contributed by atoms with Gasteiger partial charge in [-0.3, -0.25) is 0 Å². The fraction of sp³-hybridized carbons (Fsp3) is 0.696. The molecular formula is C23H39LiO2. The van der Waals surface area contributed by atoms with Crippen molar-refractivity contribution in [2.75, 3.05) is 6.61 Å². The molecule has 1 rings (SSSR count). The number of hydrogen-bond acceptors (Lipinski definition) is 2. The second kappa shape index (κ2) is 19.1. The molecule has 0 aliphatic heterocycles. The van der Waals surface area contributed by atoms with Gasteiger partial charge in [0.15, 0.2) is 0 Å². The van der Waals surface area contributed by atoms with E-state index in [-0.39, 0.29) is 26.3 Å². The molecule has 0 amide bonds. The van der Waals surface area contributed by atoms with Gasteiger partial charge >= 0.3 is 24.8 Å². The number of benzene rings is 1. The largest absolute Gasteiger partial charge is 1.00 e. The van der Waals surface area contributed by atoms with Gasteiger partial charge in [-0.2, -0.15) is 0 Å². The van der Waals surface area contributed by atoms with Gasteiger partial charge in [0.1, 0.15) is 0 Å². The molecule has 0 atom stereocenters.